The second-order valence-electron chi connectivity index (χ2n) is 4.66. The Labute approximate surface area is 114 Å². The van der Waals surface area contributed by atoms with Gasteiger partial charge in [-0.05, 0) is 23.3 Å². The predicted octanol–water partition coefficient (Wildman–Crippen LogP) is 2.06. The minimum Gasteiger partial charge on any atom is -0.481 e. The summed E-state index contributed by atoms with van der Waals surface area (Å²) in [6, 6.07) is 0. The second-order valence-corrected chi connectivity index (χ2v) is 4.66. The van der Waals surface area contributed by atoms with Gasteiger partial charge in [0.1, 0.15) is 0 Å². The van der Waals surface area contributed by atoms with Gasteiger partial charge in [0, 0.05) is 6.42 Å². The van der Waals surface area contributed by atoms with Crippen LogP contribution >= 0.6 is 0 Å². The Bertz CT molecular complexity index is 455. The van der Waals surface area contributed by atoms with Crippen LogP contribution in [0.2, 0.25) is 0 Å². The molecule has 0 aromatic carbocycles. The van der Waals surface area contributed by atoms with Crippen molar-refractivity contribution in [3.8, 4) is 0 Å². The number of nitrogens with zero attached hydrogens (tertiary/aromatic N) is 4. The molecule has 0 aliphatic heterocycles. The molecule has 0 aliphatic carbocycles. The van der Waals surface area contributed by atoms with E-state index in [1.165, 1.54) is 0 Å². The number of tetrazole rings is 1. The van der Waals surface area contributed by atoms with Crippen molar-refractivity contribution in [1.82, 2.24) is 20.2 Å². The van der Waals surface area contributed by atoms with E-state index >= 15 is 0 Å². The Balaban J connectivity index is 2.88. The van der Waals surface area contributed by atoms with Gasteiger partial charge in [-0.3, -0.25) is 4.79 Å². The Morgan fingerprint density at radius 1 is 1.30 bits per heavy atom. The van der Waals surface area contributed by atoms with Crippen LogP contribution in [0.5, 0.6) is 0 Å². The number of carbonyl (C=O) groups is 1. The second kappa shape index (κ2) is 6.19. The van der Waals surface area contributed by atoms with E-state index in [2.05, 4.69) is 15.5 Å². The summed E-state index contributed by atoms with van der Waals surface area (Å²) in [5.74, 6) is -0.949. The lowest BCUT2D eigenvalue weighted by molar-refractivity contribution is -0.150. The molecule has 0 bridgehead atoms. The minimum atomic E-state index is -4.30. The lowest BCUT2D eigenvalue weighted by atomic mass is 9.82. The van der Waals surface area contributed by atoms with Crippen molar-refractivity contribution in [3.63, 3.8) is 0 Å². The fourth-order valence-electron chi connectivity index (χ4n) is 1.91. The number of hydrogen-bond donors (Lipinski definition) is 1. The van der Waals surface area contributed by atoms with Crippen molar-refractivity contribution in [3.05, 3.63) is 5.82 Å². The van der Waals surface area contributed by atoms with Crippen LogP contribution in [-0.2, 0) is 17.8 Å². The molecule has 0 aliphatic rings. The third kappa shape index (κ3) is 3.91. The van der Waals surface area contributed by atoms with Crippen LogP contribution in [0, 0.1) is 5.41 Å². The standard InChI is InChI=1S/C11H17F3N4O2/c1-3-10(4-2,9(19)20)7-18-8(15-16-17-18)5-6-11(12,13)14/h3-7H2,1-2H3,(H,19,20). The van der Waals surface area contributed by atoms with Gasteiger partial charge in [-0.1, -0.05) is 13.8 Å². The number of aryl methyl sites for hydroxylation is 1. The summed E-state index contributed by atoms with van der Waals surface area (Å²) in [7, 11) is 0. The SMILES string of the molecule is CCC(CC)(Cn1nnnc1CCC(F)(F)F)C(=O)O. The summed E-state index contributed by atoms with van der Waals surface area (Å²) in [4.78, 5) is 11.4. The Hall–Kier alpha value is -1.67. The molecule has 0 atom stereocenters. The maximum atomic E-state index is 12.2. The molecule has 114 valence electrons. The highest BCUT2D eigenvalue weighted by molar-refractivity contribution is 5.74. The molecule has 1 aromatic rings. The van der Waals surface area contributed by atoms with Crippen molar-refractivity contribution in [2.75, 3.05) is 0 Å². The molecule has 0 radical (unpaired) electrons. The molecule has 1 N–H and O–H groups in total. The first kappa shape index (κ1) is 16.4. The van der Waals surface area contributed by atoms with Crippen molar-refractivity contribution >= 4 is 5.97 Å². The number of rotatable bonds is 7. The van der Waals surface area contributed by atoms with Crippen LogP contribution in [0.3, 0.4) is 0 Å². The third-order valence-corrected chi connectivity index (χ3v) is 3.50. The topological polar surface area (TPSA) is 80.9 Å². The summed E-state index contributed by atoms with van der Waals surface area (Å²) in [6.45, 7) is 3.41. The first-order valence-electron chi connectivity index (χ1n) is 6.29. The molecule has 6 nitrogen and oxygen atoms in total. The van der Waals surface area contributed by atoms with Crippen LogP contribution in [-0.4, -0.2) is 37.5 Å². The van der Waals surface area contributed by atoms with Gasteiger partial charge in [0.05, 0.1) is 18.4 Å². The molecule has 0 saturated heterocycles. The van der Waals surface area contributed by atoms with Gasteiger partial charge in [-0.2, -0.15) is 13.2 Å². The Kier molecular flexibility index (Phi) is 5.07. The highest BCUT2D eigenvalue weighted by Crippen LogP contribution is 2.29. The molecular formula is C11H17F3N4O2. The third-order valence-electron chi connectivity index (χ3n) is 3.50. The summed E-state index contributed by atoms with van der Waals surface area (Å²) in [6.07, 6.45) is -5.00. The molecule has 0 fully saturated rings. The van der Waals surface area contributed by atoms with Crippen LogP contribution in [0.25, 0.3) is 0 Å². The molecule has 0 spiro atoms. The van der Waals surface area contributed by atoms with E-state index in [1.807, 2.05) is 0 Å². The smallest absolute Gasteiger partial charge is 0.389 e. The van der Waals surface area contributed by atoms with Crippen molar-refractivity contribution in [2.24, 2.45) is 5.41 Å². The van der Waals surface area contributed by atoms with Gasteiger partial charge in [0.2, 0.25) is 0 Å². The molecule has 1 heterocycles. The van der Waals surface area contributed by atoms with E-state index < -0.39 is 24.0 Å². The number of halogens is 3. The van der Waals surface area contributed by atoms with Gasteiger partial charge < -0.3 is 5.11 Å². The summed E-state index contributed by atoms with van der Waals surface area (Å²) in [5, 5.41) is 19.8. The molecule has 0 saturated carbocycles. The maximum absolute atomic E-state index is 12.2. The lowest BCUT2D eigenvalue weighted by Crippen LogP contribution is -2.35. The highest BCUT2D eigenvalue weighted by atomic mass is 19.4. The van der Waals surface area contributed by atoms with E-state index in [0.717, 1.165) is 4.68 Å². The monoisotopic (exact) mass is 294 g/mol. The highest BCUT2D eigenvalue weighted by Gasteiger charge is 2.37. The minimum absolute atomic E-state index is 0.0322. The Morgan fingerprint density at radius 3 is 2.35 bits per heavy atom. The fraction of sp³-hybridized carbons (Fsp3) is 0.818. The summed E-state index contributed by atoms with van der Waals surface area (Å²) < 4.78 is 37.8. The first-order valence-corrected chi connectivity index (χ1v) is 6.29. The number of aliphatic carboxylic acids is 1. The van der Waals surface area contributed by atoms with Crippen molar-refractivity contribution in [2.45, 2.75) is 52.3 Å². The van der Waals surface area contributed by atoms with E-state index in [4.69, 9.17) is 0 Å². The van der Waals surface area contributed by atoms with Crippen LogP contribution in [0.15, 0.2) is 0 Å². The largest absolute Gasteiger partial charge is 0.481 e. The lowest BCUT2D eigenvalue weighted by Gasteiger charge is -2.26. The normalized spacial score (nSPS) is 12.7. The van der Waals surface area contributed by atoms with Crippen molar-refractivity contribution < 1.29 is 23.1 Å². The van der Waals surface area contributed by atoms with Gasteiger partial charge >= 0.3 is 12.1 Å². The molecule has 1 rings (SSSR count). The molecule has 0 unspecified atom stereocenters. The van der Waals surface area contributed by atoms with Crippen LogP contribution in [0.1, 0.15) is 38.9 Å². The number of carboxylic acid groups (broad SMARTS) is 1. The number of aromatic nitrogens is 4. The number of hydrogen-bond acceptors (Lipinski definition) is 4. The van der Waals surface area contributed by atoms with Crippen LogP contribution in [0.4, 0.5) is 13.2 Å². The molecule has 20 heavy (non-hydrogen) atoms. The summed E-state index contributed by atoms with van der Waals surface area (Å²) >= 11 is 0. The van der Waals surface area contributed by atoms with Crippen LogP contribution < -0.4 is 0 Å². The molecular weight excluding hydrogens is 277 g/mol. The summed E-state index contributed by atoms with van der Waals surface area (Å²) in [5.41, 5.74) is -1.07. The average Bonchev–Trinajstić information content (AvgIpc) is 2.79. The van der Waals surface area contributed by atoms with Gasteiger partial charge in [-0.25, -0.2) is 4.68 Å². The van der Waals surface area contributed by atoms with Crippen molar-refractivity contribution in [1.29, 1.82) is 0 Å². The fourth-order valence-corrected chi connectivity index (χ4v) is 1.91. The predicted molar refractivity (Wildman–Crippen MR) is 62.8 cm³/mol. The zero-order chi connectivity index (χ0) is 15.4. The quantitative estimate of drug-likeness (QED) is 0.832. The van der Waals surface area contributed by atoms with E-state index in [-0.39, 0.29) is 18.8 Å². The van der Waals surface area contributed by atoms with E-state index in [1.54, 1.807) is 13.8 Å². The average molecular weight is 294 g/mol. The van der Waals surface area contributed by atoms with E-state index in [9.17, 15) is 23.1 Å². The maximum Gasteiger partial charge on any atom is 0.389 e. The van der Waals surface area contributed by atoms with E-state index in [0.29, 0.717) is 12.8 Å². The van der Waals surface area contributed by atoms with Gasteiger partial charge in [0.15, 0.2) is 5.82 Å². The molecule has 9 heteroatoms. The number of alkyl halides is 3. The zero-order valence-corrected chi connectivity index (χ0v) is 11.3. The Morgan fingerprint density at radius 2 is 1.90 bits per heavy atom. The molecule has 0 amide bonds. The number of carboxylic acids is 1. The molecule has 1 aromatic heterocycles. The van der Waals surface area contributed by atoms with Gasteiger partial charge in [0.25, 0.3) is 0 Å². The van der Waals surface area contributed by atoms with Gasteiger partial charge in [-0.15, -0.1) is 5.10 Å². The zero-order valence-electron chi connectivity index (χ0n) is 11.3. The first-order chi connectivity index (χ1) is 9.24.